The minimum Gasteiger partial charge on any atom is -0.497 e. The van der Waals surface area contributed by atoms with Crippen LogP contribution in [0.4, 0.5) is 5.69 Å². The number of anilines is 1. The van der Waals surface area contributed by atoms with Gasteiger partial charge in [-0.3, -0.25) is 14.6 Å². The van der Waals surface area contributed by atoms with Gasteiger partial charge in [-0.1, -0.05) is 48.2 Å². The number of nitrogens with zero attached hydrogens (tertiary/aromatic N) is 1. The monoisotopic (exact) mass is 369 g/mol. The average molecular weight is 369 g/mol. The summed E-state index contributed by atoms with van der Waals surface area (Å²) in [6.45, 7) is 0.492. The van der Waals surface area contributed by atoms with Crippen LogP contribution in [0.2, 0.25) is 0 Å². The number of carbonyl (C=O) groups is 2. The summed E-state index contributed by atoms with van der Waals surface area (Å²) in [5.41, 5.74) is 1.70. The van der Waals surface area contributed by atoms with E-state index < -0.39 is 5.25 Å². The lowest BCUT2D eigenvalue weighted by Crippen LogP contribution is -2.28. The molecule has 0 aliphatic carbocycles. The number of amidine groups is 1. The molecule has 26 heavy (non-hydrogen) atoms. The van der Waals surface area contributed by atoms with E-state index >= 15 is 0 Å². The van der Waals surface area contributed by atoms with E-state index in [4.69, 9.17) is 4.74 Å². The van der Waals surface area contributed by atoms with E-state index in [1.165, 1.54) is 11.8 Å². The molecule has 7 heteroatoms. The zero-order valence-electron chi connectivity index (χ0n) is 14.3. The first kappa shape index (κ1) is 18.0. The summed E-state index contributed by atoms with van der Waals surface area (Å²) in [7, 11) is 1.57. The van der Waals surface area contributed by atoms with Crippen LogP contribution in [0.15, 0.2) is 59.6 Å². The molecule has 2 aromatic rings. The normalized spacial score (nSPS) is 17.8. The molecule has 0 saturated carbocycles. The van der Waals surface area contributed by atoms with E-state index in [1.54, 1.807) is 31.4 Å². The summed E-state index contributed by atoms with van der Waals surface area (Å²) in [5, 5.41) is 5.60. The molecular weight excluding hydrogens is 350 g/mol. The van der Waals surface area contributed by atoms with Gasteiger partial charge in [0.05, 0.1) is 13.7 Å². The Labute approximate surface area is 156 Å². The zero-order chi connectivity index (χ0) is 18.4. The van der Waals surface area contributed by atoms with Crippen molar-refractivity contribution in [3.63, 3.8) is 0 Å². The SMILES string of the molecule is COc1cccc(NC(=O)C[C@H]2SC(=NCc3ccccc3)NC2=O)c1. The average Bonchev–Trinajstić information content (AvgIpc) is 3.00. The minimum atomic E-state index is -0.477. The molecule has 0 radical (unpaired) electrons. The quantitative estimate of drug-likeness (QED) is 0.821. The number of nitrogens with one attached hydrogen (secondary N) is 2. The molecular formula is C19H19N3O3S. The van der Waals surface area contributed by atoms with Crippen molar-refractivity contribution in [2.24, 2.45) is 4.99 Å². The predicted molar refractivity (Wildman–Crippen MR) is 103 cm³/mol. The van der Waals surface area contributed by atoms with Crippen molar-refractivity contribution in [2.45, 2.75) is 18.2 Å². The highest BCUT2D eigenvalue weighted by Gasteiger charge is 2.31. The summed E-state index contributed by atoms with van der Waals surface area (Å²) in [5.74, 6) is 0.240. The Bertz CT molecular complexity index is 824. The van der Waals surface area contributed by atoms with Crippen LogP contribution in [-0.4, -0.2) is 29.3 Å². The molecule has 6 nitrogen and oxygen atoms in total. The van der Waals surface area contributed by atoms with Gasteiger partial charge in [-0.2, -0.15) is 0 Å². The molecule has 1 fully saturated rings. The van der Waals surface area contributed by atoms with Gasteiger partial charge in [-0.15, -0.1) is 0 Å². The Morgan fingerprint density at radius 3 is 2.81 bits per heavy atom. The van der Waals surface area contributed by atoms with Crippen LogP contribution in [0.1, 0.15) is 12.0 Å². The maximum absolute atomic E-state index is 12.2. The number of hydrogen-bond acceptors (Lipinski definition) is 5. The van der Waals surface area contributed by atoms with Crippen molar-refractivity contribution in [1.29, 1.82) is 0 Å². The summed E-state index contributed by atoms with van der Waals surface area (Å²) in [6, 6.07) is 16.9. The van der Waals surface area contributed by atoms with Gasteiger partial charge in [-0.05, 0) is 17.7 Å². The highest BCUT2D eigenvalue weighted by atomic mass is 32.2. The van der Waals surface area contributed by atoms with Gasteiger partial charge in [0.15, 0.2) is 5.17 Å². The summed E-state index contributed by atoms with van der Waals surface area (Å²) >= 11 is 1.29. The van der Waals surface area contributed by atoms with Gasteiger partial charge >= 0.3 is 0 Å². The molecule has 0 unspecified atom stereocenters. The molecule has 1 aliphatic heterocycles. The van der Waals surface area contributed by atoms with E-state index in [0.29, 0.717) is 23.1 Å². The molecule has 0 bridgehead atoms. The van der Waals surface area contributed by atoms with E-state index in [0.717, 1.165) is 5.56 Å². The van der Waals surface area contributed by atoms with Crippen molar-refractivity contribution >= 4 is 34.4 Å². The fourth-order valence-corrected chi connectivity index (χ4v) is 3.41. The van der Waals surface area contributed by atoms with Gasteiger partial charge < -0.3 is 15.4 Å². The maximum Gasteiger partial charge on any atom is 0.240 e. The van der Waals surface area contributed by atoms with Crippen molar-refractivity contribution in [3.8, 4) is 5.75 Å². The maximum atomic E-state index is 12.2. The summed E-state index contributed by atoms with van der Waals surface area (Å²) in [6.07, 6.45) is 0.0814. The zero-order valence-corrected chi connectivity index (χ0v) is 15.1. The van der Waals surface area contributed by atoms with Crippen LogP contribution in [-0.2, 0) is 16.1 Å². The molecule has 2 amide bonds. The number of ether oxygens (including phenoxy) is 1. The standard InChI is InChI=1S/C19H19N3O3S/c1-25-15-9-5-8-14(10-15)21-17(23)11-16-18(24)22-19(26-16)20-12-13-6-3-2-4-7-13/h2-10,16H,11-12H2,1H3,(H,21,23)(H,20,22,24)/t16-/m1/s1. The van der Waals surface area contributed by atoms with Crippen molar-refractivity contribution in [3.05, 3.63) is 60.2 Å². The largest absolute Gasteiger partial charge is 0.497 e. The second-order valence-electron chi connectivity index (χ2n) is 5.69. The van der Waals surface area contributed by atoms with Crippen LogP contribution >= 0.6 is 11.8 Å². The first-order chi connectivity index (χ1) is 12.6. The number of aliphatic imine (C=N–C) groups is 1. The Morgan fingerprint density at radius 2 is 2.04 bits per heavy atom. The van der Waals surface area contributed by atoms with Crippen LogP contribution < -0.4 is 15.4 Å². The highest BCUT2D eigenvalue weighted by Crippen LogP contribution is 2.24. The topological polar surface area (TPSA) is 79.8 Å². The Kier molecular flexibility index (Phi) is 5.91. The third kappa shape index (κ3) is 4.86. The number of thioether (sulfide) groups is 1. The second-order valence-corrected chi connectivity index (χ2v) is 6.88. The van der Waals surface area contributed by atoms with Crippen LogP contribution in [0.5, 0.6) is 5.75 Å². The Morgan fingerprint density at radius 1 is 1.23 bits per heavy atom. The molecule has 1 atom stereocenters. The van der Waals surface area contributed by atoms with Crippen molar-refractivity contribution in [1.82, 2.24) is 5.32 Å². The molecule has 1 saturated heterocycles. The smallest absolute Gasteiger partial charge is 0.240 e. The van der Waals surface area contributed by atoms with Crippen LogP contribution in [0.3, 0.4) is 0 Å². The lowest BCUT2D eigenvalue weighted by atomic mass is 10.2. The fraction of sp³-hybridized carbons (Fsp3) is 0.211. The van der Waals surface area contributed by atoms with E-state index in [1.807, 2.05) is 30.3 Å². The number of carbonyl (C=O) groups excluding carboxylic acids is 2. The lowest BCUT2D eigenvalue weighted by Gasteiger charge is -2.08. The summed E-state index contributed by atoms with van der Waals surface area (Å²) in [4.78, 5) is 28.7. The predicted octanol–water partition coefficient (Wildman–Crippen LogP) is 2.81. The third-order valence-electron chi connectivity index (χ3n) is 3.75. The number of hydrogen-bond donors (Lipinski definition) is 2. The van der Waals surface area contributed by atoms with Gasteiger partial charge in [0, 0.05) is 18.2 Å². The van der Waals surface area contributed by atoms with E-state index in [2.05, 4.69) is 15.6 Å². The molecule has 134 valence electrons. The molecule has 3 rings (SSSR count). The molecule has 1 aliphatic rings. The molecule has 2 aromatic carbocycles. The third-order valence-corrected chi connectivity index (χ3v) is 4.87. The van der Waals surface area contributed by atoms with Crippen LogP contribution in [0, 0.1) is 0 Å². The van der Waals surface area contributed by atoms with Gasteiger partial charge in [0.25, 0.3) is 0 Å². The van der Waals surface area contributed by atoms with Crippen molar-refractivity contribution in [2.75, 3.05) is 12.4 Å². The lowest BCUT2D eigenvalue weighted by molar-refractivity contribution is -0.122. The second kappa shape index (κ2) is 8.53. The number of methoxy groups -OCH3 is 1. The van der Waals surface area contributed by atoms with Crippen LogP contribution in [0.25, 0.3) is 0 Å². The number of benzene rings is 2. The molecule has 0 spiro atoms. The first-order valence-electron chi connectivity index (χ1n) is 8.14. The van der Waals surface area contributed by atoms with Crippen molar-refractivity contribution < 1.29 is 14.3 Å². The van der Waals surface area contributed by atoms with Gasteiger partial charge in [0.1, 0.15) is 11.0 Å². The van der Waals surface area contributed by atoms with E-state index in [9.17, 15) is 9.59 Å². The van der Waals surface area contributed by atoms with E-state index in [-0.39, 0.29) is 18.2 Å². The Balaban J connectivity index is 1.54. The number of rotatable bonds is 6. The Hall–Kier alpha value is -2.80. The first-order valence-corrected chi connectivity index (χ1v) is 9.02. The van der Waals surface area contributed by atoms with Gasteiger partial charge in [0.2, 0.25) is 11.8 Å². The minimum absolute atomic E-state index is 0.0814. The molecule has 1 heterocycles. The molecule has 2 N–H and O–H groups in total. The fourth-order valence-electron chi connectivity index (χ4n) is 2.44. The summed E-state index contributed by atoms with van der Waals surface area (Å²) < 4.78 is 5.13. The van der Waals surface area contributed by atoms with Gasteiger partial charge in [-0.25, -0.2) is 0 Å². The number of amides is 2. The molecule has 0 aromatic heterocycles. The highest BCUT2D eigenvalue weighted by molar-refractivity contribution is 8.15.